The zero-order chi connectivity index (χ0) is 18.1. The Hall–Kier alpha value is -0.940. The van der Waals surface area contributed by atoms with Gasteiger partial charge in [-0.05, 0) is 73.8 Å². The molecule has 6 fully saturated rings. The van der Waals surface area contributed by atoms with E-state index in [0.29, 0.717) is 24.3 Å². The fraction of sp³-hybridized carbons (Fsp3) is 0.739. The largest absolute Gasteiger partial charge is 0.326 e. The van der Waals surface area contributed by atoms with Gasteiger partial charge in [0.1, 0.15) is 0 Å². The van der Waals surface area contributed by atoms with Crippen molar-refractivity contribution in [3.05, 3.63) is 35.4 Å². The second-order valence-corrected chi connectivity index (χ2v) is 9.93. The fourth-order valence-corrected chi connectivity index (χ4v) is 7.11. The summed E-state index contributed by atoms with van der Waals surface area (Å²) < 4.78 is 6.81. The van der Waals surface area contributed by atoms with Crippen molar-refractivity contribution in [2.45, 2.75) is 81.8 Å². The van der Waals surface area contributed by atoms with Crippen LogP contribution in [0.25, 0.3) is 0 Å². The van der Waals surface area contributed by atoms with E-state index in [4.69, 9.17) is 20.2 Å². The van der Waals surface area contributed by atoms with E-state index in [1.807, 2.05) is 0 Å². The lowest BCUT2D eigenvalue weighted by Gasteiger charge is -2.57. The monoisotopic (exact) mass is 369 g/mol. The van der Waals surface area contributed by atoms with Crippen molar-refractivity contribution in [1.82, 2.24) is 0 Å². The second-order valence-electron chi connectivity index (χ2n) is 9.93. The molecule has 0 atom stereocenters. The number of benzene rings is 1. The van der Waals surface area contributed by atoms with Gasteiger partial charge in [0.2, 0.25) is 11.6 Å². The Kier molecular flexibility index (Phi) is 3.79. The molecule has 0 unspecified atom stereocenters. The molecular formula is C23H31NO3. The van der Waals surface area contributed by atoms with Crippen molar-refractivity contribution >= 4 is 0 Å². The lowest BCUT2D eigenvalue weighted by molar-refractivity contribution is -0.390. The number of nitrogens with two attached hydrogens (primary N) is 1. The first-order valence-electron chi connectivity index (χ1n) is 11.0. The molecular weight excluding hydrogens is 338 g/mol. The molecule has 0 radical (unpaired) electrons. The maximum absolute atomic E-state index is 6.81. The first kappa shape index (κ1) is 17.0. The number of hydrogen-bond acceptors (Lipinski definition) is 4. The van der Waals surface area contributed by atoms with Gasteiger partial charge < -0.3 is 10.5 Å². The minimum atomic E-state index is -0.497. The predicted octanol–water partition coefficient (Wildman–Crippen LogP) is 4.63. The van der Waals surface area contributed by atoms with Gasteiger partial charge in [-0.15, -0.1) is 0 Å². The molecule has 7 rings (SSSR count). The molecule has 27 heavy (non-hydrogen) atoms. The van der Waals surface area contributed by atoms with Gasteiger partial charge in [-0.3, -0.25) is 0 Å². The zero-order valence-electron chi connectivity index (χ0n) is 16.1. The van der Waals surface area contributed by atoms with Gasteiger partial charge in [-0.2, -0.15) is 9.78 Å². The summed E-state index contributed by atoms with van der Waals surface area (Å²) in [5.74, 6) is 2.59. The van der Waals surface area contributed by atoms with E-state index >= 15 is 0 Å². The molecule has 2 N–H and O–H groups in total. The van der Waals surface area contributed by atoms with Gasteiger partial charge in [-0.1, -0.05) is 24.3 Å². The van der Waals surface area contributed by atoms with Crippen LogP contribution in [-0.2, 0) is 21.1 Å². The molecule has 2 spiro atoms. The Morgan fingerprint density at radius 2 is 1.48 bits per heavy atom. The van der Waals surface area contributed by atoms with Gasteiger partial charge in [0, 0.05) is 31.2 Å². The first-order chi connectivity index (χ1) is 13.2. The summed E-state index contributed by atoms with van der Waals surface area (Å²) in [6.45, 7) is 0.610. The lowest BCUT2D eigenvalue weighted by atomic mass is 9.53. The van der Waals surface area contributed by atoms with Crippen LogP contribution >= 0.6 is 0 Å². The Morgan fingerprint density at radius 1 is 0.852 bits per heavy atom. The second kappa shape index (κ2) is 6.03. The van der Waals surface area contributed by atoms with Crippen LogP contribution in [0.15, 0.2) is 24.3 Å². The highest BCUT2D eigenvalue weighted by molar-refractivity contribution is 5.26. The topological polar surface area (TPSA) is 53.7 Å². The van der Waals surface area contributed by atoms with E-state index in [9.17, 15) is 0 Å². The van der Waals surface area contributed by atoms with Crippen molar-refractivity contribution in [2.24, 2.45) is 29.4 Å². The van der Waals surface area contributed by atoms with Crippen molar-refractivity contribution in [2.75, 3.05) is 0 Å². The minimum absolute atomic E-state index is 0.428. The molecule has 5 saturated carbocycles. The Bertz CT molecular complexity index is 679. The Morgan fingerprint density at radius 3 is 2.07 bits per heavy atom. The fourth-order valence-electron chi connectivity index (χ4n) is 7.11. The predicted molar refractivity (Wildman–Crippen MR) is 101 cm³/mol. The van der Waals surface area contributed by atoms with Crippen LogP contribution in [0.3, 0.4) is 0 Å². The lowest BCUT2D eigenvalue weighted by Crippen LogP contribution is -2.59. The molecule has 5 aliphatic carbocycles. The molecule has 1 aromatic carbocycles. The third kappa shape index (κ3) is 2.57. The zero-order valence-corrected chi connectivity index (χ0v) is 16.1. The maximum atomic E-state index is 6.81. The highest BCUT2D eigenvalue weighted by atomic mass is 17.3. The quantitative estimate of drug-likeness (QED) is 0.772. The summed E-state index contributed by atoms with van der Waals surface area (Å²) in [6.07, 6.45) is 10.6. The van der Waals surface area contributed by atoms with Crippen LogP contribution in [-0.4, -0.2) is 11.6 Å². The van der Waals surface area contributed by atoms with Gasteiger partial charge in [0.15, 0.2) is 0 Å². The summed E-state index contributed by atoms with van der Waals surface area (Å²) in [4.78, 5) is 12.2. The van der Waals surface area contributed by atoms with Crippen molar-refractivity contribution < 1.29 is 14.5 Å². The number of hydrogen-bond donors (Lipinski definition) is 1. The van der Waals surface area contributed by atoms with Gasteiger partial charge in [-0.25, -0.2) is 0 Å². The van der Waals surface area contributed by atoms with Crippen LogP contribution in [0.2, 0.25) is 0 Å². The third-order valence-electron chi connectivity index (χ3n) is 8.38. The summed E-state index contributed by atoms with van der Waals surface area (Å²) in [5, 5.41) is 0. The van der Waals surface area contributed by atoms with Gasteiger partial charge in [0.05, 0.1) is 0 Å². The van der Waals surface area contributed by atoms with E-state index in [1.54, 1.807) is 0 Å². The molecule has 1 aromatic rings. The number of rotatable bonds is 2. The highest BCUT2D eigenvalue weighted by Gasteiger charge is 2.66. The van der Waals surface area contributed by atoms with Gasteiger partial charge in [0.25, 0.3) is 0 Å². The van der Waals surface area contributed by atoms with Crippen LogP contribution < -0.4 is 5.73 Å². The average molecular weight is 370 g/mol. The van der Waals surface area contributed by atoms with E-state index in [-0.39, 0.29) is 0 Å². The molecule has 0 amide bonds. The van der Waals surface area contributed by atoms with Crippen molar-refractivity contribution in [3.63, 3.8) is 0 Å². The molecule has 1 saturated heterocycles. The first-order valence-corrected chi connectivity index (χ1v) is 11.0. The van der Waals surface area contributed by atoms with Crippen LogP contribution in [0.1, 0.15) is 74.8 Å². The molecule has 1 heterocycles. The van der Waals surface area contributed by atoms with E-state index in [2.05, 4.69) is 24.3 Å². The third-order valence-corrected chi connectivity index (χ3v) is 8.38. The van der Waals surface area contributed by atoms with Gasteiger partial charge >= 0.3 is 0 Å². The van der Waals surface area contributed by atoms with E-state index < -0.39 is 11.6 Å². The molecule has 4 nitrogen and oxygen atoms in total. The summed E-state index contributed by atoms with van der Waals surface area (Å²) in [7, 11) is 0. The molecule has 4 bridgehead atoms. The standard InChI is InChI=1S/C23H31NO3/c24-14-15-1-3-18(4-2-15)19-5-7-22(8-6-19)25-23(27-26-22)20-10-16-9-17(12-20)13-21(23)11-16/h1-4,16-17,19-21H,5-14,24H2. The average Bonchev–Trinajstić information content (AvgIpc) is 3.07. The van der Waals surface area contributed by atoms with E-state index in [0.717, 1.165) is 37.5 Å². The highest BCUT2D eigenvalue weighted by Crippen LogP contribution is 2.64. The van der Waals surface area contributed by atoms with Crippen LogP contribution in [0.5, 0.6) is 0 Å². The van der Waals surface area contributed by atoms with Crippen molar-refractivity contribution in [3.8, 4) is 0 Å². The SMILES string of the molecule is NCc1ccc(C2CCC3(CC2)OOC2(O3)C3CC4CC(C3)CC2C4)cc1. The van der Waals surface area contributed by atoms with Crippen LogP contribution in [0, 0.1) is 23.7 Å². The minimum Gasteiger partial charge on any atom is -0.326 e. The molecule has 6 aliphatic rings. The molecule has 146 valence electrons. The molecule has 0 aromatic heterocycles. The summed E-state index contributed by atoms with van der Waals surface area (Å²) in [6, 6.07) is 8.82. The van der Waals surface area contributed by atoms with Crippen LogP contribution in [0.4, 0.5) is 0 Å². The molecule has 1 aliphatic heterocycles. The Labute approximate surface area is 161 Å². The maximum Gasteiger partial charge on any atom is 0.210 e. The van der Waals surface area contributed by atoms with E-state index in [1.165, 1.54) is 43.2 Å². The normalized spacial score (nSPS) is 48.0. The summed E-state index contributed by atoms with van der Waals surface area (Å²) >= 11 is 0. The molecule has 4 heteroatoms. The number of ether oxygens (including phenoxy) is 1. The van der Waals surface area contributed by atoms with Crippen molar-refractivity contribution in [1.29, 1.82) is 0 Å². The Balaban J connectivity index is 1.16. The summed E-state index contributed by atoms with van der Waals surface area (Å²) in [5.41, 5.74) is 8.35. The smallest absolute Gasteiger partial charge is 0.210 e.